The van der Waals surface area contributed by atoms with Gasteiger partial charge in [0.15, 0.2) is 5.12 Å². The van der Waals surface area contributed by atoms with E-state index in [1.807, 2.05) is 6.92 Å². The van der Waals surface area contributed by atoms with E-state index >= 15 is 0 Å². The van der Waals surface area contributed by atoms with Gasteiger partial charge in [0.25, 0.3) is 0 Å². The minimum atomic E-state index is -0.482. The number of ether oxygens (including phenoxy) is 2. The van der Waals surface area contributed by atoms with E-state index in [-0.39, 0.29) is 35.8 Å². The largest absolute Gasteiger partial charge is 0.463 e. The molecule has 2 bridgehead atoms. The number of thioether (sulfide) groups is 1. The second-order valence-corrected chi connectivity index (χ2v) is 9.40. The van der Waals surface area contributed by atoms with Crippen LogP contribution in [0.25, 0.3) is 0 Å². The van der Waals surface area contributed by atoms with Crippen molar-refractivity contribution in [3.63, 3.8) is 0 Å². The van der Waals surface area contributed by atoms with Crippen LogP contribution in [0.4, 0.5) is 0 Å². The fraction of sp³-hybridized carbons (Fsp3) is 0.682. The summed E-state index contributed by atoms with van der Waals surface area (Å²) < 4.78 is 10.6. The zero-order valence-electron chi connectivity index (χ0n) is 17.3. The molecule has 2 aliphatic rings. The monoisotopic (exact) mass is 424 g/mol. The second-order valence-electron chi connectivity index (χ2n) is 8.08. The molecule has 7 heteroatoms. The molecular weight excluding hydrogens is 392 g/mol. The molecule has 0 unspecified atom stereocenters. The number of unbranched alkanes of at least 4 members (excludes halogenated alkanes) is 1. The molecule has 0 spiro atoms. The second kappa shape index (κ2) is 11.6. The van der Waals surface area contributed by atoms with Crippen molar-refractivity contribution in [1.29, 1.82) is 0 Å². The summed E-state index contributed by atoms with van der Waals surface area (Å²) in [6.07, 6.45) is 10.0. The lowest BCUT2D eigenvalue weighted by Crippen LogP contribution is -2.38. The van der Waals surface area contributed by atoms with E-state index < -0.39 is 11.9 Å². The van der Waals surface area contributed by atoms with Gasteiger partial charge in [-0.2, -0.15) is 0 Å². The van der Waals surface area contributed by atoms with Crippen LogP contribution < -0.4 is 0 Å². The smallest absolute Gasteiger partial charge is 0.331 e. The fourth-order valence-electron chi connectivity index (χ4n) is 4.40. The van der Waals surface area contributed by atoms with Crippen LogP contribution in [-0.4, -0.2) is 47.2 Å². The Morgan fingerprint density at radius 3 is 2.52 bits per heavy atom. The highest BCUT2D eigenvalue weighted by atomic mass is 32.2. The SMILES string of the molecule is CCSC(=O)CCCCOC(=O)/C=C/C=C\C(=O)O[C@@H]1C[C@@H]2C[C@H]1[C@](C)(CO)C2. The number of aliphatic hydroxyl groups excluding tert-OH is 1. The molecule has 6 nitrogen and oxygen atoms in total. The van der Waals surface area contributed by atoms with Crippen LogP contribution in [0, 0.1) is 17.3 Å². The number of fused-ring (bicyclic) bond motifs is 2. The molecule has 0 aromatic rings. The fourth-order valence-corrected chi connectivity index (χ4v) is 5.02. The summed E-state index contributed by atoms with van der Waals surface area (Å²) in [6, 6.07) is 0. The van der Waals surface area contributed by atoms with Gasteiger partial charge in [-0.25, -0.2) is 9.59 Å². The van der Waals surface area contributed by atoms with E-state index in [0.29, 0.717) is 25.2 Å². The van der Waals surface area contributed by atoms with E-state index in [2.05, 4.69) is 6.92 Å². The molecule has 0 saturated heterocycles. The number of carbonyl (C=O) groups excluding carboxylic acids is 3. The molecule has 0 aliphatic heterocycles. The molecule has 2 fully saturated rings. The Hall–Kier alpha value is -1.60. The maximum atomic E-state index is 12.0. The molecule has 29 heavy (non-hydrogen) atoms. The van der Waals surface area contributed by atoms with Crippen LogP contribution in [0.2, 0.25) is 0 Å². The van der Waals surface area contributed by atoms with Crippen molar-refractivity contribution in [1.82, 2.24) is 0 Å². The van der Waals surface area contributed by atoms with Crippen molar-refractivity contribution in [3.05, 3.63) is 24.3 Å². The Labute approximate surface area is 177 Å². The summed E-state index contributed by atoms with van der Waals surface area (Å²) >= 11 is 1.31. The van der Waals surface area contributed by atoms with E-state index in [4.69, 9.17) is 9.47 Å². The Balaban J connectivity index is 1.61. The van der Waals surface area contributed by atoms with Gasteiger partial charge in [0.05, 0.1) is 6.61 Å². The zero-order chi connectivity index (χ0) is 21.3. The molecular formula is C22H32O6S. The molecule has 1 N–H and O–H groups in total. The van der Waals surface area contributed by atoms with Gasteiger partial charge in [-0.1, -0.05) is 37.8 Å². The van der Waals surface area contributed by atoms with Gasteiger partial charge >= 0.3 is 11.9 Å². The Morgan fingerprint density at radius 1 is 1.14 bits per heavy atom. The number of allylic oxidation sites excluding steroid dienone is 2. The van der Waals surface area contributed by atoms with E-state index in [9.17, 15) is 19.5 Å². The molecule has 0 aromatic heterocycles. The standard InChI is InChI=1S/C22H32O6S/c1-3-29-21(26)10-6-7-11-27-19(24)8-4-5-9-20(25)28-18-13-16-12-17(18)22(2,14-16)15-23/h4-5,8-9,16-18,23H,3,6-7,10-15H2,1-2H3/b8-4+,9-5-/t16-,17+,18+,22-/m0/s1. The first-order valence-electron chi connectivity index (χ1n) is 10.4. The summed E-state index contributed by atoms with van der Waals surface area (Å²) in [5.74, 6) is 0.608. The quantitative estimate of drug-likeness (QED) is 0.235. The highest BCUT2D eigenvalue weighted by Crippen LogP contribution is 2.56. The summed E-state index contributed by atoms with van der Waals surface area (Å²) in [6.45, 7) is 4.39. The molecule has 162 valence electrons. The maximum Gasteiger partial charge on any atom is 0.331 e. The molecule has 0 heterocycles. The van der Waals surface area contributed by atoms with Crippen LogP contribution in [0.5, 0.6) is 0 Å². The molecule has 2 aliphatic carbocycles. The highest BCUT2D eigenvalue weighted by Gasteiger charge is 2.54. The predicted octanol–water partition coefficient (Wildman–Crippen LogP) is 3.43. The summed E-state index contributed by atoms with van der Waals surface area (Å²) in [5, 5.41) is 9.81. The van der Waals surface area contributed by atoms with Gasteiger partial charge in [-0.15, -0.1) is 0 Å². The van der Waals surface area contributed by atoms with Crippen molar-refractivity contribution in [2.75, 3.05) is 19.0 Å². The van der Waals surface area contributed by atoms with Crippen molar-refractivity contribution in [2.45, 2.75) is 58.5 Å². The average molecular weight is 425 g/mol. The van der Waals surface area contributed by atoms with E-state index in [0.717, 1.165) is 25.0 Å². The normalized spacial score (nSPS) is 28.3. The van der Waals surface area contributed by atoms with Crippen LogP contribution >= 0.6 is 11.8 Å². The number of carbonyl (C=O) groups is 3. The van der Waals surface area contributed by atoms with Gasteiger partial charge in [-0.3, -0.25) is 4.79 Å². The highest BCUT2D eigenvalue weighted by molar-refractivity contribution is 8.13. The first-order chi connectivity index (χ1) is 13.9. The lowest BCUT2D eigenvalue weighted by atomic mass is 9.74. The van der Waals surface area contributed by atoms with Crippen LogP contribution in [0.15, 0.2) is 24.3 Å². The molecule has 2 rings (SSSR count). The molecule has 4 atom stereocenters. The van der Waals surface area contributed by atoms with Crippen molar-refractivity contribution in [3.8, 4) is 0 Å². The van der Waals surface area contributed by atoms with E-state index in [1.165, 1.54) is 36.1 Å². The third-order valence-electron chi connectivity index (χ3n) is 5.78. The Kier molecular flexibility index (Phi) is 9.43. The topological polar surface area (TPSA) is 89.9 Å². The van der Waals surface area contributed by atoms with Gasteiger partial charge in [0.2, 0.25) is 0 Å². The van der Waals surface area contributed by atoms with Gasteiger partial charge in [0, 0.05) is 31.1 Å². The van der Waals surface area contributed by atoms with Crippen LogP contribution in [0.3, 0.4) is 0 Å². The Bertz CT molecular complexity index is 643. The molecule has 2 saturated carbocycles. The summed E-state index contributed by atoms with van der Waals surface area (Å²) in [7, 11) is 0. The lowest BCUT2D eigenvalue weighted by Gasteiger charge is -2.36. The Morgan fingerprint density at radius 2 is 1.86 bits per heavy atom. The van der Waals surface area contributed by atoms with Crippen molar-refractivity contribution < 1.29 is 29.0 Å². The van der Waals surface area contributed by atoms with Crippen LogP contribution in [-0.2, 0) is 23.9 Å². The molecule has 0 radical (unpaired) electrons. The van der Waals surface area contributed by atoms with Gasteiger partial charge < -0.3 is 14.6 Å². The minimum Gasteiger partial charge on any atom is -0.463 e. The van der Waals surface area contributed by atoms with Crippen molar-refractivity contribution in [2.24, 2.45) is 17.3 Å². The third kappa shape index (κ3) is 7.30. The molecule has 0 amide bonds. The van der Waals surface area contributed by atoms with Crippen LogP contribution in [0.1, 0.15) is 52.4 Å². The zero-order valence-corrected chi connectivity index (χ0v) is 18.1. The average Bonchev–Trinajstić information content (AvgIpc) is 3.22. The number of hydrogen-bond donors (Lipinski definition) is 1. The number of aliphatic hydroxyl groups is 1. The lowest BCUT2D eigenvalue weighted by molar-refractivity contribution is -0.149. The number of esters is 2. The van der Waals surface area contributed by atoms with Crippen molar-refractivity contribution >= 4 is 28.8 Å². The third-order valence-corrected chi connectivity index (χ3v) is 6.60. The first kappa shape index (κ1) is 23.7. The maximum absolute atomic E-state index is 12.0. The summed E-state index contributed by atoms with van der Waals surface area (Å²) in [5.41, 5.74) is -0.149. The van der Waals surface area contributed by atoms with E-state index in [1.54, 1.807) is 0 Å². The molecule has 0 aromatic carbocycles. The van der Waals surface area contributed by atoms with Gasteiger partial charge in [0.1, 0.15) is 6.10 Å². The number of hydrogen-bond acceptors (Lipinski definition) is 7. The minimum absolute atomic E-state index is 0.122. The predicted molar refractivity (Wildman–Crippen MR) is 112 cm³/mol. The first-order valence-corrected chi connectivity index (χ1v) is 11.3. The number of rotatable bonds is 11. The summed E-state index contributed by atoms with van der Waals surface area (Å²) in [4.78, 5) is 35.0. The van der Waals surface area contributed by atoms with Gasteiger partial charge in [-0.05, 0) is 49.2 Å².